The number of benzene rings is 1. The van der Waals surface area contributed by atoms with Crippen molar-refractivity contribution in [2.75, 3.05) is 13.1 Å². The first-order valence-electron chi connectivity index (χ1n) is 7.99. The van der Waals surface area contributed by atoms with Crippen LogP contribution in [0, 0.1) is 5.92 Å². The lowest BCUT2D eigenvalue weighted by atomic mass is 9.98. The zero-order valence-corrected chi connectivity index (χ0v) is 12.6. The standard InChI is InChI=1S/C18H20N4/c1-2-7-17-15(5-1)21-18(16-6-3-4-10-20-16)22(17)13-14-8-11-19-12-9-14/h1-7,10,14,19H,8-9,11-13H2. The number of nitrogens with zero attached hydrogens (tertiary/aromatic N) is 3. The third kappa shape index (κ3) is 2.50. The number of nitrogens with one attached hydrogen (secondary N) is 1. The minimum Gasteiger partial charge on any atom is -0.322 e. The Bertz CT molecular complexity index is 757. The smallest absolute Gasteiger partial charge is 0.159 e. The van der Waals surface area contributed by atoms with Crippen LogP contribution in [-0.4, -0.2) is 27.6 Å². The van der Waals surface area contributed by atoms with Crippen molar-refractivity contribution in [3.63, 3.8) is 0 Å². The fourth-order valence-corrected chi connectivity index (χ4v) is 3.27. The Morgan fingerprint density at radius 3 is 2.68 bits per heavy atom. The van der Waals surface area contributed by atoms with Crippen molar-refractivity contribution < 1.29 is 0 Å². The Kier molecular flexibility index (Phi) is 3.60. The van der Waals surface area contributed by atoms with E-state index in [2.05, 4.69) is 33.1 Å². The highest BCUT2D eigenvalue weighted by molar-refractivity contribution is 5.79. The summed E-state index contributed by atoms with van der Waals surface area (Å²) >= 11 is 0. The summed E-state index contributed by atoms with van der Waals surface area (Å²) in [5.74, 6) is 1.70. The SMILES string of the molecule is c1ccc(-c2nc3ccccc3n2CC2CCNCC2)nc1. The predicted molar refractivity (Wildman–Crippen MR) is 88.6 cm³/mol. The molecule has 0 spiro atoms. The van der Waals surface area contributed by atoms with Gasteiger partial charge in [0.15, 0.2) is 5.82 Å². The molecule has 0 atom stereocenters. The molecule has 1 aliphatic rings. The van der Waals surface area contributed by atoms with Crippen LogP contribution in [0.1, 0.15) is 12.8 Å². The number of hydrogen-bond donors (Lipinski definition) is 1. The second-order valence-corrected chi connectivity index (χ2v) is 5.94. The number of piperidine rings is 1. The van der Waals surface area contributed by atoms with Crippen LogP contribution in [-0.2, 0) is 6.54 Å². The molecule has 1 N–H and O–H groups in total. The maximum absolute atomic E-state index is 4.83. The lowest BCUT2D eigenvalue weighted by molar-refractivity contribution is 0.337. The van der Waals surface area contributed by atoms with Gasteiger partial charge in [0, 0.05) is 12.7 Å². The second kappa shape index (κ2) is 5.89. The quantitative estimate of drug-likeness (QED) is 0.806. The Morgan fingerprint density at radius 1 is 1.05 bits per heavy atom. The molecule has 0 saturated carbocycles. The van der Waals surface area contributed by atoms with Gasteiger partial charge in [0.2, 0.25) is 0 Å². The first-order valence-corrected chi connectivity index (χ1v) is 7.99. The molecule has 3 aromatic rings. The van der Waals surface area contributed by atoms with Gasteiger partial charge in [-0.3, -0.25) is 4.98 Å². The van der Waals surface area contributed by atoms with Crippen molar-refractivity contribution in [2.24, 2.45) is 5.92 Å². The van der Waals surface area contributed by atoms with E-state index in [0.29, 0.717) is 5.92 Å². The molecule has 3 heterocycles. The Hall–Kier alpha value is -2.20. The van der Waals surface area contributed by atoms with Gasteiger partial charge >= 0.3 is 0 Å². The minimum absolute atomic E-state index is 0.710. The normalized spacial score (nSPS) is 16.2. The maximum atomic E-state index is 4.83. The fraction of sp³-hybridized carbons (Fsp3) is 0.333. The van der Waals surface area contributed by atoms with Crippen molar-refractivity contribution >= 4 is 11.0 Å². The molecule has 1 fully saturated rings. The fourth-order valence-electron chi connectivity index (χ4n) is 3.27. The number of hydrogen-bond acceptors (Lipinski definition) is 3. The van der Waals surface area contributed by atoms with Gasteiger partial charge in [0.05, 0.1) is 11.0 Å². The Balaban J connectivity index is 1.79. The summed E-state index contributed by atoms with van der Waals surface area (Å²) in [6.45, 7) is 3.26. The number of rotatable bonds is 3. The first-order chi connectivity index (χ1) is 10.9. The van der Waals surface area contributed by atoms with Crippen LogP contribution in [0.5, 0.6) is 0 Å². The number of pyridine rings is 1. The third-order valence-corrected chi connectivity index (χ3v) is 4.45. The van der Waals surface area contributed by atoms with E-state index in [1.807, 2.05) is 30.5 Å². The van der Waals surface area contributed by atoms with E-state index in [9.17, 15) is 0 Å². The number of fused-ring (bicyclic) bond motifs is 1. The van der Waals surface area contributed by atoms with Gasteiger partial charge in [-0.05, 0) is 56.1 Å². The first kappa shape index (κ1) is 13.5. The van der Waals surface area contributed by atoms with E-state index >= 15 is 0 Å². The summed E-state index contributed by atoms with van der Waals surface area (Å²) in [4.78, 5) is 9.34. The summed E-state index contributed by atoms with van der Waals surface area (Å²) in [6, 6.07) is 14.4. The molecule has 1 aromatic carbocycles. The molecule has 1 saturated heterocycles. The molecule has 4 heteroatoms. The van der Waals surface area contributed by atoms with Gasteiger partial charge in [-0.25, -0.2) is 4.98 Å². The molecule has 0 amide bonds. The van der Waals surface area contributed by atoms with E-state index in [-0.39, 0.29) is 0 Å². The summed E-state index contributed by atoms with van der Waals surface area (Å²) < 4.78 is 2.35. The number of aromatic nitrogens is 3. The van der Waals surface area contributed by atoms with Crippen LogP contribution in [0.3, 0.4) is 0 Å². The van der Waals surface area contributed by atoms with Gasteiger partial charge < -0.3 is 9.88 Å². The molecular formula is C18H20N4. The highest BCUT2D eigenvalue weighted by atomic mass is 15.1. The summed E-state index contributed by atoms with van der Waals surface area (Å²) in [5.41, 5.74) is 3.21. The molecule has 4 nitrogen and oxygen atoms in total. The highest BCUT2D eigenvalue weighted by Gasteiger charge is 2.19. The van der Waals surface area contributed by atoms with Crippen molar-refractivity contribution in [2.45, 2.75) is 19.4 Å². The van der Waals surface area contributed by atoms with Gasteiger partial charge in [-0.15, -0.1) is 0 Å². The molecule has 2 aromatic heterocycles. The van der Waals surface area contributed by atoms with E-state index in [0.717, 1.165) is 36.7 Å². The maximum Gasteiger partial charge on any atom is 0.159 e. The molecule has 0 radical (unpaired) electrons. The molecule has 0 unspecified atom stereocenters. The number of imidazole rings is 1. The monoisotopic (exact) mass is 292 g/mol. The second-order valence-electron chi connectivity index (χ2n) is 5.94. The van der Waals surface area contributed by atoms with Crippen molar-refractivity contribution in [3.05, 3.63) is 48.7 Å². The largest absolute Gasteiger partial charge is 0.322 e. The molecule has 22 heavy (non-hydrogen) atoms. The van der Waals surface area contributed by atoms with Gasteiger partial charge in [-0.2, -0.15) is 0 Å². The van der Waals surface area contributed by atoms with Crippen LogP contribution in [0.2, 0.25) is 0 Å². The van der Waals surface area contributed by atoms with Gasteiger partial charge in [0.25, 0.3) is 0 Å². The lowest BCUT2D eigenvalue weighted by Crippen LogP contribution is -2.30. The van der Waals surface area contributed by atoms with E-state index in [4.69, 9.17) is 4.98 Å². The van der Waals surface area contributed by atoms with Crippen molar-refractivity contribution in [3.8, 4) is 11.5 Å². The summed E-state index contributed by atoms with van der Waals surface area (Å²) in [6.07, 6.45) is 4.30. The van der Waals surface area contributed by atoms with E-state index in [1.165, 1.54) is 18.4 Å². The highest BCUT2D eigenvalue weighted by Crippen LogP contribution is 2.26. The average Bonchev–Trinajstić information content (AvgIpc) is 2.95. The zero-order chi connectivity index (χ0) is 14.8. The Morgan fingerprint density at radius 2 is 1.86 bits per heavy atom. The van der Waals surface area contributed by atoms with Crippen molar-refractivity contribution in [1.82, 2.24) is 19.9 Å². The van der Waals surface area contributed by atoms with Gasteiger partial charge in [-0.1, -0.05) is 18.2 Å². The topological polar surface area (TPSA) is 42.7 Å². The van der Waals surface area contributed by atoms with E-state index in [1.54, 1.807) is 0 Å². The predicted octanol–water partition coefficient (Wildman–Crippen LogP) is 3.10. The summed E-state index contributed by atoms with van der Waals surface area (Å²) in [7, 11) is 0. The molecule has 112 valence electrons. The lowest BCUT2D eigenvalue weighted by Gasteiger charge is -2.24. The van der Waals surface area contributed by atoms with Crippen LogP contribution < -0.4 is 5.32 Å². The molecule has 0 bridgehead atoms. The van der Waals surface area contributed by atoms with Crippen LogP contribution >= 0.6 is 0 Å². The average molecular weight is 292 g/mol. The Labute approximate surface area is 130 Å². The minimum atomic E-state index is 0.710. The zero-order valence-electron chi connectivity index (χ0n) is 12.6. The summed E-state index contributed by atoms with van der Waals surface area (Å²) in [5, 5.41) is 3.44. The third-order valence-electron chi connectivity index (χ3n) is 4.45. The van der Waals surface area contributed by atoms with Gasteiger partial charge in [0.1, 0.15) is 5.69 Å². The van der Waals surface area contributed by atoms with Crippen molar-refractivity contribution in [1.29, 1.82) is 0 Å². The molecule has 4 rings (SSSR count). The number of para-hydroxylation sites is 2. The van der Waals surface area contributed by atoms with Crippen LogP contribution in [0.25, 0.3) is 22.6 Å². The molecular weight excluding hydrogens is 272 g/mol. The molecule has 1 aliphatic heterocycles. The van der Waals surface area contributed by atoms with Crippen LogP contribution in [0.15, 0.2) is 48.7 Å². The van der Waals surface area contributed by atoms with E-state index < -0.39 is 0 Å². The molecule has 0 aliphatic carbocycles. The van der Waals surface area contributed by atoms with Crippen LogP contribution in [0.4, 0.5) is 0 Å².